The predicted octanol–water partition coefficient (Wildman–Crippen LogP) is 2.02. The highest BCUT2D eigenvalue weighted by Crippen LogP contribution is 2.08. The van der Waals surface area contributed by atoms with Crippen molar-refractivity contribution < 1.29 is 4.74 Å². The van der Waals surface area contributed by atoms with Crippen LogP contribution in [0.5, 0.6) is 0 Å². The summed E-state index contributed by atoms with van der Waals surface area (Å²) in [6.07, 6.45) is 3.40. The smallest absolute Gasteiger partial charge is 0.0716 e. The summed E-state index contributed by atoms with van der Waals surface area (Å²) in [6, 6.07) is 10.8. The molecule has 0 unspecified atom stereocenters. The molecule has 0 aliphatic carbocycles. The Morgan fingerprint density at radius 3 is 2.61 bits per heavy atom. The first kappa shape index (κ1) is 13.5. The summed E-state index contributed by atoms with van der Waals surface area (Å²) in [5.41, 5.74) is 7.14. The number of likely N-dealkylation sites (tertiary alicyclic amines) is 1. The summed E-state index contributed by atoms with van der Waals surface area (Å²) in [6.45, 7) is 5.02. The Morgan fingerprint density at radius 1 is 1.17 bits per heavy atom. The van der Waals surface area contributed by atoms with E-state index in [9.17, 15) is 0 Å². The van der Waals surface area contributed by atoms with Gasteiger partial charge >= 0.3 is 0 Å². The van der Waals surface area contributed by atoms with Crippen molar-refractivity contribution in [2.75, 3.05) is 26.2 Å². The standard InChI is InChI=1S/C15H24N2O/c16-15-7-10-17(11-8-15)9-4-12-18-13-14-5-2-1-3-6-14/h1-3,5-6,15H,4,7-13,16H2. The minimum atomic E-state index is 0.426. The second-order valence-electron chi connectivity index (χ2n) is 5.07. The Kier molecular flexibility index (Phi) is 5.65. The molecular formula is C15H24N2O. The van der Waals surface area contributed by atoms with Gasteiger partial charge in [0.25, 0.3) is 0 Å². The highest BCUT2D eigenvalue weighted by Gasteiger charge is 2.14. The molecule has 3 nitrogen and oxygen atoms in total. The van der Waals surface area contributed by atoms with Crippen LogP contribution >= 0.6 is 0 Å². The van der Waals surface area contributed by atoms with Crippen molar-refractivity contribution in [1.29, 1.82) is 0 Å². The molecule has 1 aromatic carbocycles. The predicted molar refractivity (Wildman–Crippen MR) is 74.4 cm³/mol. The van der Waals surface area contributed by atoms with Gasteiger partial charge in [0.05, 0.1) is 6.61 Å². The van der Waals surface area contributed by atoms with Crippen LogP contribution in [0.4, 0.5) is 0 Å². The molecule has 1 aromatic rings. The normalized spacial score (nSPS) is 18.1. The van der Waals surface area contributed by atoms with Crippen LogP contribution in [0.15, 0.2) is 30.3 Å². The molecule has 2 rings (SSSR count). The van der Waals surface area contributed by atoms with Crippen molar-refractivity contribution in [3.05, 3.63) is 35.9 Å². The van der Waals surface area contributed by atoms with Crippen LogP contribution < -0.4 is 5.73 Å². The molecule has 0 bridgehead atoms. The Bertz CT molecular complexity index is 321. The molecule has 2 N–H and O–H groups in total. The molecule has 1 fully saturated rings. The van der Waals surface area contributed by atoms with Gasteiger partial charge in [-0.1, -0.05) is 30.3 Å². The molecule has 100 valence electrons. The molecular weight excluding hydrogens is 224 g/mol. The number of ether oxygens (including phenoxy) is 1. The summed E-state index contributed by atoms with van der Waals surface area (Å²) < 4.78 is 5.68. The Morgan fingerprint density at radius 2 is 1.89 bits per heavy atom. The average molecular weight is 248 g/mol. The van der Waals surface area contributed by atoms with E-state index in [1.807, 2.05) is 6.07 Å². The largest absolute Gasteiger partial charge is 0.377 e. The van der Waals surface area contributed by atoms with Gasteiger partial charge in [0.2, 0.25) is 0 Å². The number of rotatable bonds is 6. The van der Waals surface area contributed by atoms with E-state index in [0.717, 1.165) is 52.1 Å². The number of nitrogens with two attached hydrogens (primary N) is 1. The van der Waals surface area contributed by atoms with Gasteiger partial charge in [-0.3, -0.25) is 0 Å². The molecule has 0 atom stereocenters. The second-order valence-corrected chi connectivity index (χ2v) is 5.07. The van der Waals surface area contributed by atoms with Gasteiger partial charge in [0.1, 0.15) is 0 Å². The summed E-state index contributed by atoms with van der Waals surface area (Å²) in [7, 11) is 0. The van der Waals surface area contributed by atoms with Crippen LogP contribution in [0.3, 0.4) is 0 Å². The van der Waals surface area contributed by atoms with Gasteiger partial charge in [0.15, 0.2) is 0 Å². The Balaban J connectivity index is 1.51. The lowest BCUT2D eigenvalue weighted by Crippen LogP contribution is -2.40. The fourth-order valence-electron chi connectivity index (χ4n) is 2.33. The lowest BCUT2D eigenvalue weighted by Gasteiger charge is -2.29. The summed E-state index contributed by atoms with van der Waals surface area (Å²) in [4.78, 5) is 2.50. The molecule has 0 aromatic heterocycles. The van der Waals surface area contributed by atoms with E-state index in [2.05, 4.69) is 29.2 Å². The Hall–Kier alpha value is -0.900. The van der Waals surface area contributed by atoms with Crippen molar-refractivity contribution in [2.24, 2.45) is 5.73 Å². The quantitative estimate of drug-likeness (QED) is 0.783. The zero-order valence-corrected chi connectivity index (χ0v) is 11.1. The van der Waals surface area contributed by atoms with Gasteiger partial charge in [-0.2, -0.15) is 0 Å². The first-order chi connectivity index (χ1) is 8.84. The van der Waals surface area contributed by atoms with E-state index < -0.39 is 0 Å². The van der Waals surface area contributed by atoms with E-state index in [-0.39, 0.29) is 0 Å². The monoisotopic (exact) mass is 248 g/mol. The summed E-state index contributed by atoms with van der Waals surface area (Å²) in [5.74, 6) is 0. The fourth-order valence-corrected chi connectivity index (χ4v) is 2.33. The summed E-state index contributed by atoms with van der Waals surface area (Å²) >= 11 is 0. The molecule has 0 radical (unpaired) electrons. The van der Waals surface area contributed by atoms with Crippen LogP contribution in [0.25, 0.3) is 0 Å². The minimum Gasteiger partial charge on any atom is -0.377 e. The average Bonchev–Trinajstić information content (AvgIpc) is 2.42. The minimum absolute atomic E-state index is 0.426. The lowest BCUT2D eigenvalue weighted by atomic mass is 10.1. The fraction of sp³-hybridized carbons (Fsp3) is 0.600. The van der Waals surface area contributed by atoms with Crippen molar-refractivity contribution in [1.82, 2.24) is 4.90 Å². The maximum Gasteiger partial charge on any atom is 0.0716 e. The first-order valence-corrected chi connectivity index (χ1v) is 6.94. The molecule has 18 heavy (non-hydrogen) atoms. The topological polar surface area (TPSA) is 38.5 Å². The molecule has 1 heterocycles. The number of hydrogen-bond acceptors (Lipinski definition) is 3. The van der Waals surface area contributed by atoms with E-state index in [1.54, 1.807) is 0 Å². The van der Waals surface area contributed by atoms with Crippen molar-refractivity contribution in [3.63, 3.8) is 0 Å². The van der Waals surface area contributed by atoms with Gasteiger partial charge in [-0.05, 0) is 37.9 Å². The van der Waals surface area contributed by atoms with Crippen LogP contribution in [-0.4, -0.2) is 37.2 Å². The Labute approximate surface area is 110 Å². The number of nitrogens with zero attached hydrogens (tertiary/aromatic N) is 1. The molecule has 0 amide bonds. The van der Waals surface area contributed by atoms with Gasteiger partial charge in [-0.25, -0.2) is 0 Å². The molecule has 0 spiro atoms. The molecule has 3 heteroatoms. The molecule has 0 saturated carbocycles. The highest BCUT2D eigenvalue weighted by molar-refractivity contribution is 5.13. The van der Waals surface area contributed by atoms with Crippen molar-refractivity contribution in [3.8, 4) is 0 Å². The highest BCUT2D eigenvalue weighted by atomic mass is 16.5. The maximum absolute atomic E-state index is 5.89. The van der Waals surface area contributed by atoms with Crippen molar-refractivity contribution in [2.45, 2.75) is 31.9 Å². The van der Waals surface area contributed by atoms with Crippen molar-refractivity contribution >= 4 is 0 Å². The van der Waals surface area contributed by atoms with Gasteiger partial charge < -0.3 is 15.4 Å². The zero-order chi connectivity index (χ0) is 12.6. The van der Waals surface area contributed by atoms with E-state index in [4.69, 9.17) is 10.5 Å². The lowest BCUT2D eigenvalue weighted by molar-refractivity contribution is 0.104. The van der Waals surface area contributed by atoms with Crippen LogP contribution in [0, 0.1) is 0 Å². The maximum atomic E-state index is 5.89. The molecule has 1 aliphatic heterocycles. The summed E-state index contributed by atoms with van der Waals surface area (Å²) in [5, 5.41) is 0. The number of hydrogen-bond donors (Lipinski definition) is 1. The number of benzene rings is 1. The van der Waals surface area contributed by atoms with Crippen LogP contribution in [0.1, 0.15) is 24.8 Å². The zero-order valence-electron chi connectivity index (χ0n) is 11.1. The molecule has 1 saturated heterocycles. The number of piperidine rings is 1. The van der Waals surface area contributed by atoms with Gasteiger partial charge in [0, 0.05) is 19.2 Å². The van der Waals surface area contributed by atoms with Crippen LogP contribution in [0.2, 0.25) is 0 Å². The van der Waals surface area contributed by atoms with E-state index in [1.165, 1.54) is 5.56 Å². The van der Waals surface area contributed by atoms with Crippen LogP contribution in [-0.2, 0) is 11.3 Å². The van der Waals surface area contributed by atoms with Gasteiger partial charge in [-0.15, -0.1) is 0 Å². The van der Waals surface area contributed by atoms with E-state index in [0.29, 0.717) is 6.04 Å². The third-order valence-electron chi connectivity index (χ3n) is 3.51. The SMILES string of the molecule is NC1CCN(CCCOCc2ccccc2)CC1. The first-order valence-electron chi connectivity index (χ1n) is 6.94. The third-order valence-corrected chi connectivity index (χ3v) is 3.51. The second kappa shape index (κ2) is 7.52. The van der Waals surface area contributed by atoms with E-state index >= 15 is 0 Å². The third kappa shape index (κ3) is 4.77. The molecule has 1 aliphatic rings.